The van der Waals surface area contributed by atoms with Crippen LogP contribution in [0.2, 0.25) is 0 Å². The highest BCUT2D eigenvalue weighted by molar-refractivity contribution is 5.79. The Kier molecular flexibility index (Phi) is 6.78. The molecular weight excluding hydrogens is 302 g/mol. The van der Waals surface area contributed by atoms with Gasteiger partial charge in [-0.05, 0) is 38.3 Å². The molecule has 24 heavy (non-hydrogen) atoms. The minimum Gasteiger partial charge on any atom is -0.357 e. The molecule has 6 nitrogen and oxygen atoms in total. The Morgan fingerprint density at radius 3 is 2.75 bits per heavy atom. The molecule has 6 heteroatoms. The zero-order valence-electron chi connectivity index (χ0n) is 15.0. The molecule has 0 aliphatic heterocycles. The maximum atomic E-state index is 5.12. The van der Waals surface area contributed by atoms with Gasteiger partial charge < -0.3 is 14.7 Å². The third-order valence-electron chi connectivity index (χ3n) is 3.75. The van der Waals surface area contributed by atoms with Gasteiger partial charge in [0, 0.05) is 33.1 Å². The molecule has 2 aromatic rings. The average Bonchev–Trinajstić information content (AvgIpc) is 2.98. The van der Waals surface area contributed by atoms with Gasteiger partial charge in [-0.1, -0.05) is 29.4 Å². The Morgan fingerprint density at radius 1 is 1.29 bits per heavy atom. The van der Waals surface area contributed by atoms with Crippen molar-refractivity contribution in [3.05, 3.63) is 47.1 Å². The third-order valence-corrected chi connectivity index (χ3v) is 3.75. The number of aliphatic imine (C=N–C) groups is 1. The van der Waals surface area contributed by atoms with Crippen LogP contribution in [0, 0.1) is 13.8 Å². The van der Waals surface area contributed by atoms with E-state index in [9.17, 15) is 0 Å². The molecule has 1 heterocycles. The van der Waals surface area contributed by atoms with E-state index in [1.54, 1.807) is 0 Å². The zero-order chi connectivity index (χ0) is 17.4. The number of nitrogens with one attached hydrogen (secondary N) is 1. The summed E-state index contributed by atoms with van der Waals surface area (Å²) >= 11 is 0. The minimum atomic E-state index is 0.680. The van der Waals surface area contributed by atoms with E-state index in [4.69, 9.17) is 9.52 Å². The van der Waals surface area contributed by atoms with Crippen molar-refractivity contribution in [2.24, 2.45) is 4.99 Å². The second-order valence-electron chi connectivity index (χ2n) is 5.86. The molecule has 2 rings (SSSR count). The molecule has 0 amide bonds. The Bertz CT molecular complexity index is 665. The van der Waals surface area contributed by atoms with E-state index in [2.05, 4.69) is 65.5 Å². The molecule has 130 valence electrons. The Labute approximate surface area is 144 Å². The summed E-state index contributed by atoms with van der Waals surface area (Å²) in [6.45, 7) is 8.45. The number of hydrogen-bond acceptors (Lipinski definition) is 4. The van der Waals surface area contributed by atoms with Crippen molar-refractivity contribution in [1.29, 1.82) is 0 Å². The number of hydrogen-bond donors (Lipinski definition) is 1. The Morgan fingerprint density at radius 2 is 2.08 bits per heavy atom. The van der Waals surface area contributed by atoms with E-state index < -0.39 is 0 Å². The van der Waals surface area contributed by atoms with E-state index in [1.165, 1.54) is 11.1 Å². The summed E-state index contributed by atoms with van der Waals surface area (Å²) in [5.41, 5.74) is 2.61. The first-order valence-electron chi connectivity index (χ1n) is 8.43. The van der Waals surface area contributed by atoms with E-state index in [0.717, 1.165) is 38.4 Å². The van der Waals surface area contributed by atoms with Crippen LogP contribution in [0.15, 0.2) is 33.8 Å². The summed E-state index contributed by atoms with van der Waals surface area (Å²) < 4.78 is 5.12. The summed E-state index contributed by atoms with van der Waals surface area (Å²) in [7, 11) is 2.06. The Hall–Kier alpha value is -2.37. The smallest absolute Gasteiger partial charge is 0.226 e. The third kappa shape index (κ3) is 5.37. The van der Waals surface area contributed by atoms with Gasteiger partial charge in [0.2, 0.25) is 5.89 Å². The Balaban J connectivity index is 1.90. The van der Waals surface area contributed by atoms with Gasteiger partial charge in [0.25, 0.3) is 0 Å². The van der Waals surface area contributed by atoms with Gasteiger partial charge in [0.1, 0.15) is 0 Å². The molecule has 0 spiro atoms. The molecule has 0 saturated carbocycles. The number of guanidine groups is 1. The highest BCUT2D eigenvalue weighted by atomic mass is 16.5. The lowest BCUT2D eigenvalue weighted by atomic mass is 10.1. The van der Waals surface area contributed by atoms with Crippen molar-refractivity contribution in [1.82, 2.24) is 20.4 Å². The number of aromatic nitrogens is 2. The van der Waals surface area contributed by atoms with Crippen LogP contribution < -0.4 is 5.32 Å². The summed E-state index contributed by atoms with van der Waals surface area (Å²) in [4.78, 5) is 11.1. The van der Waals surface area contributed by atoms with Crippen LogP contribution in [-0.2, 0) is 13.0 Å². The van der Waals surface area contributed by atoms with Gasteiger partial charge in [0.15, 0.2) is 11.8 Å². The van der Waals surface area contributed by atoms with Crippen molar-refractivity contribution in [3.63, 3.8) is 0 Å². The minimum absolute atomic E-state index is 0.680. The van der Waals surface area contributed by atoms with Crippen LogP contribution in [0.25, 0.3) is 0 Å². The highest BCUT2D eigenvalue weighted by Gasteiger charge is 2.08. The lowest BCUT2D eigenvalue weighted by Gasteiger charge is -2.23. The summed E-state index contributed by atoms with van der Waals surface area (Å²) in [5.74, 6) is 2.28. The largest absolute Gasteiger partial charge is 0.357 e. The SMILES string of the molecule is CCNC(=NCCCc1nc(C)no1)N(C)Cc1ccccc1C. The molecule has 0 radical (unpaired) electrons. The predicted molar refractivity (Wildman–Crippen MR) is 96.0 cm³/mol. The van der Waals surface area contributed by atoms with Crippen LogP contribution in [0.1, 0.15) is 36.2 Å². The number of benzene rings is 1. The molecule has 1 N–H and O–H groups in total. The quantitative estimate of drug-likeness (QED) is 0.481. The van der Waals surface area contributed by atoms with Crippen LogP contribution in [-0.4, -0.2) is 41.1 Å². The molecule has 0 aliphatic carbocycles. The highest BCUT2D eigenvalue weighted by Crippen LogP contribution is 2.09. The fourth-order valence-electron chi connectivity index (χ4n) is 2.44. The lowest BCUT2D eigenvalue weighted by molar-refractivity contribution is 0.372. The predicted octanol–water partition coefficient (Wildman–Crippen LogP) is 2.72. The topological polar surface area (TPSA) is 66.5 Å². The molecule has 0 atom stereocenters. The van der Waals surface area contributed by atoms with Crippen LogP contribution >= 0.6 is 0 Å². The van der Waals surface area contributed by atoms with E-state index in [0.29, 0.717) is 11.7 Å². The monoisotopic (exact) mass is 329 g/mol. The molecule has 0 bridgehead atoms. The van der Waals surface area contributed by atoms with Crippen LogP contribution in [0.3, 0.4) is 0 Å². The average molecular weight is 329 g/mol. The molecule has 0 aliphatic rings. The van der Waals surface area contributed by atoms with E-state index >= 15 is 0 Å². The summed E-state index contributed by atoms with van der Waals surface area (Å²) in [6.07, 6.45) is 1.64. The number of nitrogens with zero attached hydrogens (tertiary/aromatic N) is 4. The van der Waals surface area contributed by atoms with Gasteiger partial charge in [-0.3, -0.25) is 4.99 Å². The molecule has 0 fully saturated rings. The van der Waals surface area contributed by atoms with Gasteiger partial charge in [-0.15, -0.1) is 0 Å². The summed E-state index contributed by atoms with van der Waals surface area (Å²) in [5, 5.41) is 7.15. The lowest BCUT2D eigenvalue weighted by Crippen LogP contribution is -2.38. The summed E-state index contributed by atoms with van der Waals surface area (Å²) in [6, 6.07) is 8.44. The maximum Gasteiger partial charge on any atom is 0.226 e. The molecule has 1 aromatic heterocycles. The van der Waals surface area contributed by atoms with Gasteiger partial charge >= 0.3 is 0 Å². The van der Waals surface area contributed by atoms with Gasteiger partial charge in [0.05, 0.1) is 0 Å². The standard InChI is InChI=1S/C18H27N5O/c1-5-19-18(20-12-8-11-17-21-15(3)22-24-17)23(4)13-16-10-7-6-9-14(16)2/h6-7,9-10H,5,8,11-13H2,1-4H3,(H,19,20). The van der Waals surface area contributed by atoms with Crippen molar-refractivity contribution in [3.8, 4) is 0 Å². The van der Waals surface area contributed by atoms with Gasteiger partial charge in [-0.25, -0.2) is 0 Å². The second kappa shape index (κ2) is 9.05. The van der Waals surface area contributed by atoms with Crippen molar-refractivity contribution in [2.75, 3.05) is 20.1 Å². The molecule has 0 unspecified atom stereocenters. The molecular formula is C18H27N5O. The van der Waals surface area contributed by atoms with E-state index in [-0.39, 0.29) is 0 Å². The second-order valence-corrected chi connectivity index (χ2v) is 5.86. The first-order chi connectivity index (χ1) is 11.6. The maximum absolute atomic E-state index is 5.12. The number of rotatable bonds is 7. The number of aryl methyl sites for hydroxylation is 3. The first-order valence-corrected chi connectivity index (χ1v) is 8.43. The van der Waals surface area contributed by atoms with Crippen molar-refractivity contribution in [2.45, 2.75) is 40.2 Å². The fraction of sp³-hybridized carbons (Fsp3) is 0.500. The van der Waals surface area contributed by atoms with Crippen LogP contribution in [0.5, 0.6) is 0 Å². The fourth-order valence-corrected chi connectivity index (χ4v) is 2.44. The zero-order valence-corrected chi connectivity index (χ0v) is 15.0. The van der Waals surface area contributed by atoms with Crippen LogP contribution in [0.4, 0.5) is 0 Å². The van der Waals surface area contributed by atoms with Crippen molar-refractivity contribution < 1.29 is 4.52 Å². The normalized spacial score (nSPS) is 11.6. The van der Waals surface area contributed by atoms with Gasteiger partial charge in [-0.2, -0.15) is 4.98 Å². The molecule has 1 aromatic carbocycles. The van der Waals surface area contributed by atoms with E-state index in [1.807, 2.05) is 6.92 Å². The van der Waals surface area contributed by atoms with Crippen molar-refractivity contribution >= 4 is 5.96 Å². The first kappa shape index (κ1) is 18.0. The molecule has 0 saturated heterocycles.